The van der Waals surface area contributed by atoms with Gasteiger partial charge in [0.2, 0.25) is 5.91 Å². The van der Waals surface area contributed by atoms with E-state index in [1.54, 1.807) is 18.9 Å². The van der Waals surface area contributed by atoms with Crippen LogP contribution in [0.1, 0.15) is 37.2 Å². The lowest BCUT2D eigenvalue weighted by molar-refractivity contribution is -0.132. The number of carbonyl (C=O) groups is 1. The summed E-state index contributed by atoms with van der Waals surface area (Å²) in [5.41, 5.74) is 0.960. The summed E-state index contributed by atoms with van der Waals surface area (Å²) in [7, 11) is 1.64. The molecule has 216 valence electrons. The van der Waals surface area contributed by atoms with Crippen LogP contribution in [0, 0.1) is 6.92 Å². The Bertz CT molecular complexity index is 1240. The van der Waals surface area contributed by atoms with Crippen molar-refractivity contribution in [2.24, 2.45) is 0 Å². The fourth-order valence-corrected chi connectivity index (χ4v) is 5.05. The molecule has 1 N–H and O–H groups in total. The Kier molecular flexibility index (Phi) is 10.1. The Morgan fingerprint density at radius 2 is 1.88 bits per heavy atom. The van der Waals surface area contributed by atoms with Crippen LogP contribution in [0.25, 0.3) is 0 Å². The molecule has 4 rings (SSSR count). The second-order valence-corrected chi connectivity index (χ2v) is 10.6. The molecule has 9 heteroatoms. The predicted octanol–water partition coefficient (Wildman–Crippen LogP) is 3.71. The maximum Gasteiger partial charge on any atom is 0.219 e. The first-order chi connectivity index (χ1) is 19.3. The number of rotatable bonds is 12. The first-order valence-electron chi connectivity index (χ1n) is 14.0. The van der Waals surface area contributed by atoms with E-state index in [9.17, 15) is 9.90 Å². The molecule has 1 aliphatic heterocycles. The number of hydrogen-bond acceptors (Lipinski definition) is 7. The van der Waals surface area contributed by atoms with Crippen LogP contribution in [0.15, 0.2) is 54.9 Å². The van der Waals surface area contributed by atoms with E-state index in [4.69, 9.17) is 14.2 Å². The van der Waals surface area contributed by atoms with Crippen molar-refractivity contribution in [3.8, 4) is 17.2 Å². The summed E-state index contributed by atoms with van der Waals surface area (Å²) in [6.45, 7) is 9.50. The molecule has 40 heavy (non-hydrogen) atoms. The third-order valence-electron chi connectivity index (χ3n) is 7.22. The second-order valence-electron chi connectivity index (χ2n) is 10.6. The Morgan fingerprint density at radius 1 is 1.07 bits per heavy atom. The molecule has 2 heterocycles. The highest BCUT2D eigenvalue weighted by atomic mass is 16.5. The number of aromatic nitrogens is 2. The summed E-state index contributed by atoms with van der Waals surface area (Å²) in [5.74, 6) is 3.09. The van der Waals surface area contributed by atoms with E-state index in [0.717, 1.165) is 36.3 Å². The van der Waals surface area contributed by atoms with Crippen molar-refractivity contribution >= 4 is 5.91 Å². The van der Waals surface area contributed by atoms with Crippen LogP contribution in [-0.4, -0.2) is 82.5 Å². The normalized spacial score (nSPS) is 17.9. The second kappa shape index (κ2) is 13.7. The first-order valence-corrected chi connectivity index (χ1v) is 14.0. The monoisotopic (exact) mass is 550 g/mol. The summed E-state index contributed by atoms with van der Waals surface area (Å²) >= 11 is 0. The van der Waals surface area contributed by atoms with Gasteiger partial charge in [-0.3, -0.25) is 9.69 Å². The molecule has 3 aromatic rings. The van der Waals surface area contributed by atoms with Gasteiger partial charge in [0, 0.05) is 58.5 Å². The van der Waals surface area contributed by atoms with E-state index in [2.05, 4.69) is 21.4 Å². The van der Waals surface area contributed by atoms with Crippen molar-refractivity contribution in [3.63, 3.8) is 0 Å². The van der Waals surface area contributed by atoms with Gasteiger partial charge in [0.15, 0.2) is 11.5 Å². The molecule has 1 fully saturated rings. The van der Waals surface area contributed by atoms with Gasteiger partial charge in [0.1, 0.15) is 23.8 Å². The molecule has 0 radical (unpaired) electrons. The minimum Gasteiger partial charge on any atom is -0.493 e. The number of carbonyl (C=O) groups excluding carboxylic acids is 1. The molecule has 1 aliphatic rings. The molecule has 0 saturated carbocycles. The molecule has 0 bridgehead atoms. The maximum atomic E-state index is 12.3. The van der Waals surface area contributed by atoms with E-state index in [1.807, 2.05) is 61.8 Å². The Hall–Kier alpha value is -3.56. The number of aliphatic hydroxyl groups is 1. The van der Waals surface area contributed by atoms with Crippen molar-refractivity contribution in [2.75, 3.05) is 46.5 Å². The minimum atomic E-state index is -1.22. The van der Waals surface area contributed by atoms with Gasteiger partial charge in [-0.25, -0.2) is 4.98 Å². The van der Waals surface area contributed by atoms with Crippen LogP contribution < -0.4 is 14.2 Å². The van der Waals surface area contributed by atoms with Crippen molar-refractivity contribution < 1.29 is 24.1 Å². The van der Waals surface area contributed by atoms with Gasteiger partial charge in [-0.15, -0.1) is 0 Å². The van der Waals surface area contributed by atoms with Gasteiger partial charge in [-0.1, -0.05) is 30.7 Å². The standard InChI is InChI=1S/C31H42N4O5/c1-5-30-32-13-15-34(30)14-6-18-39-29-19-26(9-12-28(29)38-4)20-33-16-17-35(25(3)36)22-31(37,21-33)23-40-27-10-7-24(2)8-11-27/h7-13,15,19,37H,5-6,14,16-18,20-23H2,1-4H3/t31-/m0/s1. The molecular weight excluding hydrogens is 508 g/mol. The van der Waals surface area contributed by atoms with Crippen molar-refractivity contribution in [3.05, 3.63) is 71.8 Å². The number of amides is 1. The van der Waals surface area contributed by atoms with Crippen LogP contribution in [-0.2, 0) is 24.3 Å². The molecule has 2 aromatic carbocycles. The van der Waals surface area contributed by atoms with Gasteiger partial charge >= 0.3 is 0 Å². The molecule has 1 saturated heterocycles. The number of methoxy groups -OCH3 is 1. The zero-order valence-corrected chi connectivity index (χ0v) is 24.1. The van der Waals surface area contributed by atoms with E-state index in [0.29, 0.717) is 50.0 Å². The van der Waals surface area contributed by atoms with Crippen molar-refractivity contribution in [2.45, 2.75) is 52.3 Å². The molecule has 0 unspecified atom stereocenters. The number of benzene rings is 2. The SMILES string of the molecule is CCc1nccn1CCCOc1cc(CN2CCN(C(C)=O)C[C@](O)(COc3ccc(C)cc3)C2)ccc1OC. The largest absolute Gasteiger partial charge is 0.493 e. The predicted molar refractivity (Wildman–Crippen MR) is 154 cm³/mol. The van der Waals surface area contributed by atoms with Crippen LogP contribution in [0.4, 0.5) is 0 Å². The van der Waals surface area contributed by atoms with Crippen LogP contribution >= 0.6 is 0 Å². The maximum absolute atomic E-state index is 12.3. The fraction of sp³-hybridized carbons (Fsp3) is 0.484. The van der Waals surface area contributed by atoms with E-state index < -0.39 is 5.60 Å². The highest BCUT2D eigenvalue weighted by molar-refractivity contribution is 5.73. The number of aryl methyl sites for hydroxylation is 3. The molecule has 1 amide bonds. The number of nitrogens with zero attached hydrogens (tertiary/aromatic N) is 4. The highest BCUT2D eigenvalue weighted by Crippen LogP contribution is 2.29. The third-order valence-corrected chi connectivity index (χ3v) is 7.22. The van der Waals surface area contributed by atoms with Crippen LogP contribution in [0.2, 0.25) is 0 Å². The number of imidazole rings is 1. The lowest BCUT2D eigenvalue weighted by Gasteiger charge is -2.32. The van der Waals surface area contributed by atoms with E-state index in [1.165, 1.54) is 0 Å². The van der Waals surface area contributed by atoms with E-state index in [-0.39, 0.29) is 19.1 Å². The molecule has 1 aromatic heterocycles. The smallest absolute Gasteiger partial charge is 0.219 e. The average molecular weight is 551 g/mol. The van der Waals surface area contributed by atoms with Crippen LogP contribution in [0.5, 0.6) is 17.2 Å². The number of hydrogen-bond donors (Lipinski definition) is 1. The molecule has 0 spiro atoms. The zero-order chi connectivity index (χ0) is 28.5. The van der Waals surface area contributed by atoms with Gasteiger partial charge in [0.25, 0.3) is 0 Å². The highest BCUT2D eigenvalue weighted by Gasteiger charge is 2.37. The third kappa shape index (κ3) is 7.99. The summed E-state index contributed by atoms with van der Waals surface area (Å²) in [4.78, 5) is 20.5. The summed E-state index contributed by atoms with van der Waals surface area (Å²) in [6.07, 6.45) is 5.58. The average Bonchev–Trinajstić information content (AvgIpc) is 3.33. The van der Waals surface area contributed by atoms with Crippen LogP contribution in [0.3, 0.4) is 0 Å². The summed E-state index contributed by atoms with van der Waals surface area (Å²) in [5, 5.41) is 11.6. The first kappa shape index (κ1) is 29.4. The molecule has 1 atom stereocenters. The molecule has 9 nitrogen and oxygen atoms in total. The van der Waals surface area contributed by atoms with Gasteiger partial charge in [0.05, 0.1) is 20.3 Å². The minimum absolute atomic E-state index is 0.0579. The fourth-order valence-electron chi connectivity index (χ4n) is 5.05. The Morgan fingerprint density at radius 3 is 2.60 bits per heavy atom. The van der Waals surface area contributed by atoms with Crippen molar-refractivity contribution in [1.29, 1.82) is 0 Å². The number of ether oxygens (including phenoxy) is 3. The number of β-amino-alcohol motifs (C(OH)–C–C–N with tert-alkyl or cyclic N) is 1. The topological polar surface area (TPSA) is 89.3 Å². The Balaban J connectivity index is 1.41. The lowest BCUT2D eigenvalue weighted by atomic mass is 10.0. The van der Waals surface area contributed by atoms with E-state index >= 15 is 0 Å². The molecule has 0 aliphatic carbocycles. The van der Waals surface area contributed by atoms with Gasteiger partial charge in [-0.05, 0) is 43.2 Å². The quantitative estimate of drug-likeness (QED) is 0.344. The summed E-state index contributed by atoms with van der Waals surface area (Å²) < 4.78 is 19.8. The van der Waals surface area contributed by atoms with Crippen molar-refractivity contribution in [1.82, 2.24) is 19.4 Å². The van der Waals surface area contributed by atoms with Gasteiger partial charge < -0.3 is 28.8 Å². The molecular formula is C31H42N4O5. The zero-order valence-electron chi connectivity index (χ0n) is 24.1. The summed E-state index contributed by atoms with van der Waals surface area (Å²) in [6, 6.07) is 13.7. The van der Waals surface area contributed by atoms with Gasteiger partial charge in [-0.2, -0.15) is 0 Å². The lowest BCUT2D eigenvalue weighted by Crippen LogP contribution is -2.51. The Labute approximate surface area is 237 Å².